The normalized spacial score (nSPS) is 13.8. The van der Waals surface area contributed by atoms with Crippen molar-refractivity contribution in [2.24, 2.45) is 11.8 Å². The lowest BCUT2D eigenvalue weighted by atomic mass is 9.92. The Morgan fingerprint density at radius 3 is 2.09 bits per heavy atom. The number of hydrogen-bond acceptors (Lipinski definition) is 4. The van der Waals surface area contributed by atoms with E-state index in [9.17, 15) is 14.4 Å². The molecule has 2 N–H and O–H groups in total. The molecule has 0 fully saturated rings. The summed E-state index contributed by atoms with van der Waals surface area (Å²) in [4.78, 5) is 43.7. The lowest BCUT2D eigenvalue weighted by molar-refractivity contribution is -0.144. The molecule has 0 spiro atoms. The Morgan fingerprint density at radius 1 is 0.907 bits per heavy atom. The predicted octanol–water partition coefficient (Wildman–Crippen LogP) is 8.54. The van der Waals surface area contributed by atoms with Gasteiger partial charge in [0.05, 0.1) is 10.7 Å². The summed E-state index contributed by atoms with van der Waals surface area (Å²) in [5, 5.41) is 6.30. The SMILES string of the molecule is Cc1ccc(C(C(=O)Nc2c(C)cccc2Cl)N(C(=O)C(CC(C)C)NC(=O)OC(C)(C)C)C(C)CCC(C)C)c(C)c1. The summed E-state index contributed by atoms with van der Waals surface area (Å²) in [5.74, 6) is -0.193. The van der Waals surface area contributed by atoms with Gasteiger partial charge in [0.1, 0.15) is 17.7 Å². The molecule has 0 bridgehead atoms. The van der Waals surface area contributed by atoms with Gasteiger partial charge in [-0.3, -0.25) is 9.59 Å². The van der Waals surface area contributed by atoms with Crippen LogP contribution in [0.1, 0.15) is 103 Å². The van der Waals surface area contributed by atoms with Gasteiger partial charge in [0.15, 0.2) is 0 Å². The molecule has 43 heavy (non-hydrogen) atoms. The molecular formula is C35H52ClN3O4. The van der Waals surface area contributed by atoms with Crippen LogP contribution >= 0.6 is 11.6 Å². The molecule has 0 aliphatic rings. The Balaban J connectivity index is 2.72. The highest BCUT2D eigenvalue weighted by Crippen LogP contribution is 2.33. The molecule has 0 saturated carbocycles. The van der Waals surface area contributed by atoms with Crippen LogP contribution in [0.3, 0.4) is 0 Å². The number of nitrogens with zero attached hydrogens (tertiary/aromatic N) is 1. The maximum Gasteiger partial charge on any atom is 0.408 e. The third-order valence-corrected chi connectivity index (χ3v) is 7.62. The summed E-state index contributed by atoms with van der Waals surface area (Å²) in [6.45, 7) is 21.4. The number of nitrogens with one attached hydrogen (secondary N) is 2. The van der Waals surface area contributed by atoms with Gasteiger partial charge in [-0.1, -0.05) is 75.2 Å². The van der Waals surface area contributed by atoms with Crippen molar-refractivity contribution >= 4 is 35.2 Å². The molecule has 3 unspecified atom stereocenters. The Kier molecular flexibility index (Phi) is 13.1. The largest absolute Gasteiger partial charge is 0.444 e. The first-order chi connectivity index (χ1) is 19.9. The maximum absolute atomic E-state index is 14.7. The zero-order valence-corrected chi connectivity index (χ0v) is 28.7. The lowest BCUT2D eigenvalue weighted by Gasteiger charge is -2.39. The van der Waals surface area contributed by atoms with Crippen LogP contribution in [0.4, 0.5) is 10.5 Å². The van der Waals surface area contributed by atoms with Gasteiger partial charge in [0.25, 0.3) is 5.91 Å². The number of anilines is 1. The van der Waals surface area contributed by atoms with Crippen molar-refractivity contribution in [2.75, 3.05) is 5.32 Å². The highest BCUT2D eigenvalue weighted by Gasteiger charge is 2.40. The number of para-hydroxylation sites is 1. The van der Waals surface area contributed by atoms with Crippen molar-refractivity contribution in [1.29, 1.82) is 0 Å². The molecule has 0 aliphatic carbocycles. The third-order valence-electron chi connectivity index (χ3n) is 7.30. The fraction of sp³-hybridized carbons (Fsp3) is 0.571. The fourth-order valence-electron chi connectivity index (χ4n) is 5.17. The summed E-state index contributed by atoms with van der Waals surface area (Å²) in [5.41, 5.74) is 3.27. The summed E-state index contributed by atoms with van der Waals surface area (Å²) in [6.07, 6.45) is 1.27. The quantitative estimate of drug-likeness (QED) is 0.251. The van der Waals surface area contributed by atoms with Crippen molar-refractivity contribution in [3.63, 3.8) is 0 Å². The smallest absolute Gasteiger partial charge is 0.408 e. The lowest BCUT2D eigenvalue weighted by Crippen LogP contribution is -2.55. The van der Waals surface area contributed by atoms with Gasteiger partial charge in [-0.2, -0.15) is 0 Å². The van der Waals surface area contributed by atoms with E-state index >= 15 is 0 Å². The standard InChI is InChI=1S/C35H52ClN3O4/c1-21(2)15-17-26(8)39(33(41)29(19-22(3)4)37-34(42)43-35(9,10)11)31(27-18-16-23(5)20-25(27)7)32(40)38-30-24(6)13-12-14-28(30)36/h12-14,16,18,20-22,26,29,31H,15,17,19H2,1-11H3,(H,37,42)(H,38,40). The van der Waals surface area contributed by atoms with E-state index in [4.69, 9.17) is 16.3 Å². The van der Waals surface area contributed by atoms with E-state index in [1.54, 1.807) is 31.7 Å². The van der Waals surface area contributed by atoms with E-state index in [0.717, 1.165) is 28.7 Å². The third kappa shape index (κ3) is 10.9. The van der Waals surface area contributed by atoms with Crippen LogP contribution in [0.15, 0.2) is 36.4 Å². The summed E-state index contributed by atoms with van der Waals surface area (Å²) in [6, 6.07) is 9.16. The second kappa shape index (κ2) is 15.6. The Hall–Kier alpha value is -3.06. The number of amides is 3. The summed E-state index contributed by atoms with van der Waals surface area (Å²) < 4.78 is 5.53. The van der Waals surface area contributed by atoms with E-state index in [2.05, 4.69) is 24.5 Å². The minimum atomic E-state index is -0.971. The highest BCUT2D eigenvalue weighted by atomic mass is 35.5. The number of carbonyl (C=O) groups is 3. The van der Waals surface area contributed by atoms with Crippen molar-refractivity contribution in [2.45, 2.75) is 119 Å². The minimum Gasteiger partial charge on any atom is -0.444 e. The second-order valence-corrected chi connectivity index (χ2v) is 14.0. The Bertz CT molecular complexity index is 1250. The van der Waals surface area contributed by atoms with Crippen LogP contribution in [0, 0.1) is 32.6 Å². The molecule has 0 radical (unpaired) electrons. The zero-order chi connectivity index (χ0) is 32.6. The van der Waals surface area contributed by atoms with Crippen molar-refractivity contribution in [1.82, 2.24) is 10.2 Å². The number of benzene rings is 2. The van der Waals surface area contributed by atoms with Crippen LogP contribution < -0.4 is 10.6 Å². The molecule has 3 amide bonds. The van der Waals surface area contributed by atoms with Crippen molar-refractivity contribution < 1.29 is 19.1 Å². The second-order valence-electron chi connectivity index (χ2n) is 13.6. The van der Waals surface area contributed by atoms with Crippen LogP contribution in [0.25, 0.3) is 0 Å². The topological polar surface area (TPSA) is 87.7 Å². The van der Waals surface area contributed by atoms with E-state index in [0.29, 0.717) is 29.5 Å². The number of halogens is 1. The van der Waals surface area contributed by atoms with Gasteiger partial charge in [0, 0.05) is 6.04 Å². The molecule has 3 atom stereocenters. The van der Waals surface area contributed by atoms with E-state index in [1.807, 2.05) is 71.9 Å². The number of ether oxygens (including phenoxy) is 1. The van der Waals surface area contributed by atoms with Gasteiger partial charge in [-0.05, 0) is 102 Å². The molecule has 2 rings (SSSR count). The monoisotopic (exact) mass is 613 g/mol. The van der Waals surface area contributed by atoms with Gasteiger partial charge in [-0.25, -0.2) is 4.79 Å². The van der Waals surface area contributed by atoms with Crippen molar-refractivity contribution in [3.05, 3.63) is 63.7 Å². The first-order valence-corrected chi connectivity index (χ1v) is 15.7. The molecule has 0 aromatic heterocycles. The molecule has 238 valence electrons. The average Bonchev–Trinajstić information content (AvgIpc) is 2.86. The van der Waals surface area contributed by atoms with Crippen LogP contribution in [-0.2, 0) is 14.3 Å². The molecule has 2 aromatic carbocycles. The maximum atomic E-state index is 14.7. The van der Waals surface area contributed by atoms with Crippen LogP contribution in [0.2, 0.25) is 5.02 Å². The molecule has 7 nitrogen and oxygen atoms in total. The molecule has 0 saturated heterocycles. The van der Waals surface area contributed by atoms with E-state index < -0.39 is 23.8 Å². The Morgan fingerprint density at radius 2 is 1.56 bits per heavy atom. The average molecular weight is 614 g/mol. The number of aryl methyl sites for hydroxylation is 3. The number of rotatable bonds is 12. The number of hydrogen-bond donors (Lipinski definition) is 2. The first-order valence-electron chi connectivity index (χ1n) is 15.4. The fourth-order valence-corrected chi connectivity index (χ4v) is 5.44. The van der Waals surface area contributed by atoms with Gasteiger partial charge < -0.3 is 20.3 Å². The molecular weight excluding hydrogens is 562 g/mol. The van der Waals surface area contributed by atoms with Crippen molar-refractivity contribution in [3.8, 4) is 0 Å². The first kappa shape index (κ1) is 36.1. The van der Waals surface area contributed by atoms with Crippen LogP contribution in [-0.4, -0.2) is 40.5 Å². The highest BCUT2D eigenvalue weighted by molar-refractivity contribution is 6.34. The van der Waals surface area contributed by atoms with Crippen LogP contribution in [0.5, 0.6) is 0 Å². The molecule has 2 aromatic rings. The number of carbonyl (C=O) groups excluding carboxylic acids is 3. The van der Waals surface area contributed by atoms with E-state index in [1.165, 1.54) is 0 Å². The number of alkyl carbamates (subject to hydrolysis) is 1. The van der Waals surface area contributed by atoms with E-state index in [-0.39, 0.29) is 23.8 Å². The minimum absolute atomic E-state index is 0.0934. The predicted molar refractivity (Wildman–Crippen MR) is 176 cm³/mol. The van der Waals surface area contributed by atoms with Gasteiger partial charge in [-0.15, -0.1) is 0 Å². The molecule has 0 aliphatic heterocycles. The van der Waals surface area contributed by atoms with Gasteiger partial charge >= 0.3 is 6.09 Å². The molecule has 8 heteroatoms. The Labute approximate surface area is 264 Å². The van der Waals surface area contributed by atoms with Gasteiger partial charge in [0.2, 0.25) is 5.91 Å². The summed E-state index contributed by atoms with van der Waals surface area (Å²) in [7, 11) is 0. The summed E-state index contributed by atoms with van der Waals surface area (Å²) >= 11 is 6.53. The zero-order valence-electron chi connectivity index (χ0n) is 27.9. The molecule has 0 heterocycles.